The van der Waals surface area contributed by atoms with Gasteiger partial charge in [0, 0.05) is 17.8 Å². The molecule has 0 aliphatic heterocycles. The van der Waals surface area contributed by atoms with Crippen molar-refractivity contribution in [1.29, 1.82) is 0 Å². The van der Waals surface area contributed by atoms with Gasteiger partial charge in [-0.1, -0.05) is 47.1 Å². The van der Waals surface area contributed by atoms with E-state index in [1.807, 2.05) is 24.3 Å². The average molecular weight is 423 g/mol. The molecule has 0 bridgehead atoms. The Kier molecular flexibility index (Phi) is 6.26. The van der Waals surface area contributed by atoms with Crippen LogP contribution in [-0.4, -0.2) is 21.9 Å². The Morgan fingerprint density at radius 2 is 1.89 bits per heavy atom. The van der Waals surface area contributed by atoms with Crippen molar-refractivity contribution in [2.45, 2.75) is 10.9 Å². The monoisotopic (exact) mass is 422 g/mol. The predicted octanol–water partition coefficient (Wildman–Crippen LogP) is 4.53. The number of halogens is 2. The van der Waals surface area contributed by atoms with Crippen molar-refractivity contribution in [3.05, 3.63) is 68.4 Å². The minimum absolute atomic E-state index is 0.0791. The maximum Gasteiger partial charge on any atom is 0.297 e. The van der Waals surface area contributed by atoms with Crippen LogP contribution in [0, 0.1) is 0 Å². The van der Waals surface area contributed by atoms with Gasteiger partial charge in [-0.3, -0.25) is 9.36 Å². The van der Waals surface area contributed by atoms with Gasteiger partial charge in [0.25, 0.3) is 5.56 Å². The number of nitrogens with one attached hydrogen (secondary N) is 1. The lowest BCUT2D eigenvalue weighted by Crippen LogP contribution is -2.24. The Morgan fingerprint density at radius 1 is 1.15 bits per heavy atom. The highest BCUT2D eigenvalue weighted by atomic mass is 35.5. The third kappa shape index (κ3) is 4.74. The standard InChI is InChI=1S/C18H16Cl2N4O2S/c1-24-17(25)16(21-15-9-12(19)5-8-14(15)20)22-23-18(24)27-10-11-3-6-13(26-2)7-4-11/h3-9H,10H2,1-2H3,(H,21,22). The van der Waals surface area contributed by atoms with Crippen molar-refractivity contribution in [2.75, 3.05) is 12.4 Å². The zero-order valence-corrected chi connectivity index (χ0v) is 16.9. The van der Waals surface area contributed by atoms with E-state index in [-0.39, 0.29) is 11.4 Å². The van der Waals surface area contributed by atoms with Gasteiger partial charge >= 0.3 is 0 Å². The molecule has 0 atom stereocenters. The van der Waals surface area contributed by atoms with Gasteiger partial charge in [0.2, 0.25) is 5.82 Å². The minimum atomic E-state index is -0.307. The van der Waals surface area contributed by atoms with Gasteiger partial charge in [0.1, 0.15) is 5.75 Å². The predicted molar refractivity (Wildman–Crippen MR) is 110 cm³/mol. The van der Waals surface area contributed by atoms with Crippen LogP contribution < -0.4 is 15.6 Å². The van der Waals surface area contributed by atoms with E-state index >= 15 is 0 Å². The quantitative estimate of drug-likeness (QED) is 0.588. The highest BCUT2D eigenvalue weighted by molar-refractivity contribution is 7.98. The van der Waals surface area contributed by atoms with Crippen molar-refractivity contribution < 1.29 is 4.74 Å². The molecular formula is C18H16Cl2N4O2S. The zero-order valence-electron chi connectivity index (χ0n) is 14.6. The molecule has 0 radical (unpaired) electrons. The fourth-order valence-electron chi connectivity index (χ4n) is 2.24. The maximum absolute atomic E-state index is 12.6. The lowest BCUT2D eigenvalue weighted by molar-refractivity contribution is 0.414. The summed E-state index contributed by atoms with van der Waals surface area (Å²) in [5, 5.41) is 12.5. The topological polar surface area (TPSA) is 69.0 Å². The normalized spacial score (nSPS) is 10.7. The van der Waals surface area contributed by atoms with Gasteiger partial charge in [-0.2, -0.15) is 0 Å². The maximum atomic E-state index is 12.6. The molecule has 9 heteroatoms. The first-order valence-electron chi connectivity index (χ1n) is 7.89. The van der Waals surface area contributed by atoms with E-state index in [0.717, 1.165) is 11.3 Å². The van der Waals surface area contributed by atoms with Crippen molar-refractivity contribution in [3.63, 3.8) is 0 Å². The zero-order chi connectivity index (χ0) is 19.4. The van der Waals surface area contributed by atoms with Gasteiger partial charge in [-0.05, 0) is 35.9 Å². The van der Waals surface area contributed by atoms with Crippen LogP contribution in [0.1, 0.15) is 5.56 Å². The average Bonchev–Trinajstić information content (AvgIpc) is 2.68. The number of hydrogen-bond acceptors (Lipinski definition) is 6. The van der Waals surface area contributed by atoms with Crippen LogP contribution >= 0.6 is 35.0 Å². The first-order chi connectivity index (χ1) is 13.0. The number of ether oxygens (including phenoxy) is 1. The number of hydrogen-bond donors (Lipinski definition) is 1. The summed E-state index contributed by atoms with van der Waals surface area (Å²) in [6.07, 6.45) is 0. The summed E-state index contributed by atoms with van der Waals surface area (Å²) < 4.78 is 6.59. The Bertz CT molecular complexity index is 1010. The van der Waals surface area contributed by atoms with Crippen molar-refractivity contribution in [1.82, 2.24) is 14.8 Å². The van der Waals surface area contributed by atoms with Crippen LogP contribution in [-0.2, 0) is 12.8 Å². The van der Waals surface area contributed by atoms with Crippen molar-refractivity contribution in [3.8, 4) is 5.75 Å². The highest BCUT2D eigenvalue weighted by Crippen LogP contribution is 2.27. The first-order valence-corrected chi connectivity index (χ1v) is 9.63. The number of aromatic nitrogens is 3. The smallest absolute Gasteiger partial charge is 0.297 e. The summed E-state index contributed by atoms with van der Waals surface area (Å²) in [7, 11) is 3.28. The van der Waals surface area contributed by atoms with Crippen LogP contribution in [0.2, 0.25) is 10.0 Å². The van der Waals surface area contributed by atoms with E-state index in [1.54, 1.807) is 32.4 Å². The fraction of sp³-hybridized carbons (Fsp3) is 0.167. The van der Waals surface area contributed by atoms with Gasteiger partial charge in [0.15, 0.2) is 5.16 Å². The van der Waals surface area contributed by atoms with Gasteiger partial charge < -0.3 is 10.1 Å². The van der Waals surface area contributed by atoms with Crippen LogP contribution in [0.15, 0.2) is 52.4 Å². The van der Waals surface area contributed by atoms with E-state index in [4.69, 9.17) is 27.9 Å². The molecule has 0 amide bonds. The summed E-state index contributed by atoms with van der Waals surface area (Å²) >= 11 is 13.5. The van der Waals surface area contributed by atoms with Crippen LogP contribution in [0.4, 0.5) is 11.5 Å². The Morgan fingerprint density at radius 3 is 2.59 bits per heavy atom. The molecule has 0 fully saturated rings. The molecule has 0 saturated carbocycles. The largest absolute Gasteiger partial charge is 0.497 e. The second kappa shape index (κ2) is 8.65. The van der Waals surface area contributed by atoms with Crippen molar-refractivity contribution >= 4 is 46.5 Å². The Hall–Kier alpha value is -2.22. The van der Waals surface area contributed by atoms with Crippen LogP contribution in [0.25, 0.3) is 0 Å². The molecular weight excluding hydrogens is 407 g/mol. The van der Waals surface area contributed by atoms with Crippen LogP contribution in [0.3, 0.4) is 0 Å². The Labute approximate surface area is 170 Å². The third-order valence-corrected chi connectivity index (χ3v) is 5.39. The van der Waals surface area contributed by atoms with Gasteiger partial charge in [-0.25, -0.2) is 0 Å². The molecule has 3 aromatic rings. The number of methoxy groups -OCH3 is 1. The van der Waals surface area contributed by atoms with Gasteiger partial charge in [0.05, 0.1) is 17.8 Å². The molecule has 6 nitrogen and oxygen atoms in total. The molecule has 0 unspecified atom stereocenters. The van der Waals surface area contributed by atoms with Crippen molar-refractivity contribution in [2.24, 2.45) is 7.05 Å². The SMILES string of the molecule is COc1ccc(CSc2nnc(Nc3cc(Cl)ccc3Cl)c(=O)n2C)cc1. The van der Waals surface area contributed by atoms with E-state index < -0.39 is 0 Å². The molecule has 3 rings (SSSR count). The second-order valence-corrected chi connectivity index (χ2v) is 7.37. The summed E-state index contributed by atoms with van der Waals surface area (Å²) in [6, 6.07) is 12.6. The molecule has 27 heavy (non-hydrogen) atoms. The molecule has 1 heterocycles. The lowest BCUT2D eigenvalue weighted by atomic mass is 10.2. The number of thioether (sulfide) groups is 1. The fourth-order valence-corrected chi connectivity index (χ4v) is 3.44. The van der Waals surface area contributed by atoms with E-state index in [2.05, 4.69) is 15.5 Å². The number of nitrogens with zero attached hydrogens (tertiary/aromatic N) is 3. The first kappa shape index (κ1) is 19.5. The highest BCUT2D eigenvalue weighted by Gasteiger charge is 2.12. The lowest BCUT2D eigenvalue weighted by Gasteiger charge is -2.10. The third-order valence-electron chi connectivity index (χ3n) is 3.74. The molecule has 0 aliphatic carbocycles. The number of anilines is 2. The van der Waals surface area contributed by atoms with E-state index in [9.17, 15) is 4.79 Å². The van der Waals surface area contributed by atoms with Gasteiger partial charge in [-0.15, -0.1) is 10.2 Å². The Balaban J connectivity index is 1.76. The summed E-state index contributed by atoms with van der Waals surface area (Å²) in [5.41, 5.74) is 1.27. The molecule has 0 saturated heterocycles. The summed E-state index contributed by atoms with van der Waals surface area (Å²) in [6.45, 7) is 0. The summed E-state index contributed by atoms with van der Waals surface area (Å²) in [5.74, 6) is 1.53. The molecule has 1 aromatic heterocycles. The molecule has 0 spiro atoms. The number of benzene rings is 2. The molecule has 2 aromatic carbocycles. The van der Waals surface area contributed by atoms with E-state index in [1.165, 1.54) is 16.3 Å². The molecule has 140 valence electrons. The minimum Gasteiger partial charge on any atom is -0.497 e. The molecule has 1 N–H and O–H groups in total. The molecule has 0 aliphatic rings. The summed E-state index contributed by atoms with van der Waals surface area (Å²) in [4.78, 5) is 12.6. The number of rotatable bonds is 6. The van der Waals surface area contributed by atoms with Crippen LogP contribution in [0.5, 0.6) is 5.75 Å². The van der Waals surface area contributed by atoms with E-state index in [0.29, 0.717) is 26.6 Å². The second-order valence-electron chi connectivity index (χ2n) is 5.58.